The first kappa shape index (κ1) is 46.1. The third kappa shape index (κ3) is 17.4. The predicted octanol–water partition coefficient (Wildman–Crippen LogP) is 7.38. The maximum atomic E-state index is 13.0. The molecule has 17 nitrogen and oxygen atoms in total. The molecule has 0 saturated carbocycles. The molecule has 0 unspecified atom stereocenters. The fourth-order valence-electron chi connectivity index (χ4n) is 4.35. The van der Waals surface area contributed by atoms with Crippen LogP contribution in [0, 0.1) is 22.1 Å². The van der Waals surface area contributed by atoms with Crippen LogP contribution in [0.4, 0.5) is 19.2 Å². The van der Waals surface area contributed by atoms with Crippen LogP contribution >= 0.6 is 0 Å². The Morgan fingerprint density at radius 2 is 1.02 bits per heavy atom. The van der Waals surface area contributed by atoms with Crippen LogP contribution in [0.1, 0.15) is 88.6 Å². The molecule has 0 atom stereocenters. The van der Waals surface area contributed by atoms with E-state index >= 15 is 0 Å². The largest absolute Gasteiger partial charge is 0.492 e. The second kappa shape index (κ2) is 19.0. The highest BCUT2D eigenvalue weighted by molar-refractivity contribution is 6.00. The lowest BCUT2D eigenvalue weighted by atomic mass is 10.0. The molecule has 56 heavy (non-hydrogen) atoms. The molecule has 0 radical (unpaired) electrons. The molecule has 2 aromatic rings. The summed E-state index contributed by atoms with van der Waals surface area (Å²) in [5.41, 5.74) is -1.93. The predicted molar refractivity (Wildman–Crippen MR) is 208 cm³/mol. The summed E-state index contributed by atoms with van der Waals surface area (Å²) in [5.74, 6) is -0.458. The third-order valence-electron chi connectivity index (χ3n) is 6.38. The van der Waals surface area contributed by atoms with Gasteiger partial charge in [0, 0.05) is 0 Å². The van der Waals surface area contributed by atoms with Crippen LogP contribution in [0.3, 0.4) is 0 Å². The SMILES string of the molecule is CC(C)(C)OC(=O)NC(=N)N(CCOc1cccc(-c2cc(C#N)cc(OCCN(C(=N)NC(=O)OC(C)(C)C)C(=O)OC(C)(C)C)c2)c1)C(=O)OC(C)(C)C. The number of guanidine groups is 2. The van der Waals surface area contributed by atoms with E-state index in [1.807, 2.05) is 0 Å². The van der Waals surface area contributed by atoms with Crippen LogP contribution in [0.15, 0.2) is 42.5 Å². The molecule has 0 aliphatic rings. The second-order valence-electron chi connectivity index (χ2n) is 16.3. The van der Waals surface area contributed by atoms with Crippen molar-refractivity contribution in [1.82, 2.24) is 20.4 Å². The van der Waals surface area contributed by atoms with Gasteiger partial charge in [-0.15, -0.1) is 0 Å². The molecule has 0 aliphatic heterocycles. The van der Waals surface area contributed by atoms with Crippen molar-refractivity contribution in [2.24, 2.45) is 0 Å². The molecule has 17 heteroatoms. The number of rotatable bonds is 9. The Hall–Kier alpha value is -6.05. The van der Waals surface area contributed by atoms with Crippen molar-refractivity contribution >= 4 is 36.3 Å². The average Bonchev–Trinajstić information content (AvgIpc) is 3.01. The van der Waals surface area contributed by atoms with Gasteiger partial charge in [-0.2, -0.15) is 5.26 Å². The van der Waals surface area contributed by atoms with Crippen molar-refractivity contribution in [3.63, 3.8) is 0 Å². The van der Waals surface area contributed by atoms with Gasteiger partial charge < -0.3 is 28.4 Å². The van der Waals surface area contributed by atoms with Gasteiger partial charge in [-0.25, -0.2) is 29.0 Å². The Kier molecular flexibility index (Phi) is 15.6. The number of alkyl carbamates (subject to hydrolysis) is 2. The van der Waals surface area contributed by atoms with Gasteiger partial charge in [0.25, 0.3) is 0 Å². The zero-order valence-electron chi connectivity index (χ0n) is 34.3. The van der Waals surface area contributed by atoms with Crippen molar-refractivity contribution in [2.75, 3.05) is 26.3 Å². The number of nitrogens with one attached hydrogen (secondary N) is 4. The van der Waals surface area contributed by atoms with Gasteiger partial charge in [-0.3, -0.25) is 21.5 Å². The van der Waals surface area contributed by atoms with Gasteiger partial charge in [-0.1, -0.05) is 12.1 Å². The molecule has 2 aromatic carbocycles. The molecular weight excluding hydrogens is 726 g/mol. The van der Waals surface area contributed by atoms with E-state index in [9.17, 15) is 24.4 Å². The second-order valence-corrected chi connectivity index (χ2v) is 16.3. The molecule has 0 aliphatic carbocycles. The molecule has 4 amide bonds. The standard InChI is InChI=1S/C39H55N7O10/c1-36(2,3)53-32(47)43-30(41)45(34(49)55-38(7,8)9)16-18-51-28-15-13-14-26(22-28)27-20-25(24-40)21-29(23-27)52-19-17-46(35(50)56-39(10,11)12)31(42)44-33(48)54-37(4,5)6/h13-15,20-23H,16-19H2,1-12H3,(H2,41,43,47)(H2,42,44,48). The first-order chi connectivity index (χ1) is 25.6. The minimum Gasteiger partial charge on any atom is -0.492 e. The van der Waals surface area contributed by atoms with Crippen LogP contribution in [-0.2, 0) is 18.9 Å². The van der Waals surface area contributed by atoms with Gasteiger partial charge in [0.1, 0.15) is 47.1 Å². The van der Waals surface area contributed by atoms with Crippen LogP contribution in [-0.4, -0.2) is 94.8 Å². The van der Waals surface area contributed by atoms with E-state index in [2.05, 4.69) is 16.7 Å². The number of carbonyl (C=O) groups excluding carboxylic acids is 4. The van der Waals surface area contributed by atoms with Crippen LogP contribution < -0.4 is 20.1 Å². The van der Waals surface area contributed by atoms with Crippen molar-refractivity contribution < 1.29 is 47.6 Å². The fraction of sp³-hybridized carbons (Fsp3) is 0.513. The number of carbonyl (C=O) groups is 4. The number of hydrogen-bond acceptors (Lipinski definition) is 13. The van der Waals surface area contributed by atoms with E-state index in [0.29, 0.717) is 16.9 Å². The van der Waals surface area contributed by atoms with E-state index in [-0.39, 0.29) is 37.6 Å². The topological polar surface area (TPSA) is 226 Å². The van der Waals surface area contributed by atoms with Crippen molar-refractivity contribution in [3.05, 3.63) is 48.0 Å². The van der Waals surface area contributed by atoms with E-state index in [1.165, 1.54) is 6.07 Å². The summed E-state index contributed by atoms with van der Waals surface area (Å²) < 4.78 is 33.1. The molecule has 0 saturated heterocycles. The summed E-state index contributed by atoms with van der Waals surface area (Å²) in [6.07, 6.45) is -3.61. The minimum atomic E-state index is -0.926. The molecule has 306 valence electrons. The number of nitrogens with zero attached hydrogens (tertiary/aromatic N) is 3. The Balaban J connectivity index is 2.23. The van der Waals surface area contributed by atoms with E-state index in [1.54, 1.807) is 119 Å². The highest BCUT2D eigenvalue weighted by Crippen LogP contribution is 2.29. The summed E-state index contributed by atoms with van der Waals surface area (Å²) in [7, 11) is 0. The Morgan fingerprint density at radius 3 is 1.43 bits per heavy atom. The zero-order valence-corrected chi connectivity index (χ0v) is 34.3. The summed E-state index contributed by atoms with van der Waals surface area (Å²) in [4.78, 5) is 52.4. The summed E-state index contributed by atoms with van der Waals surface area (Å²) in [6, 6.07) is 13.8. The van der Waals surface area contributed by atoms with E-state index in [4.69, 9.17) is 39.2 Å². The maximum Gasteiger partial charge on any atom is 0.417 e. The quantitative estimate of drug-likeness (QED) is 0.112. The number of nitriles is 1. The third-order valence-corrected chi connectivity index (χ3v) is 6.38. The Morgan fingerprint density at radius 1 is 0.607 bits per heavy atom. The molecular formula is C39H55N7O10. The van der Waals surface area contributed by atoms with E-state index in [0.717, 1.165) is 9.80 Å². The van der Waals surface area contributed by atoms with Gasteiger partial charge >= 0.3 is 24.4 Å². The highest BCUT2D eigenvalue weighted by atomic mass is 16.6. The summed E-state index contributed by atoms with van der Waals surface area (Å²) in [5, 5.41) is 31.0. The first-order valence-corrected chi connectivity index (χ1v) is 17.7. The fourth-order valence-corrected chi connectivity index (χ4v) is 4.35. The van der Waals surface area contributed by atoms with Gasteiger partial charge in [0.15, 0.2) is 0 Å². The monoisotopic (exact) mass is 781 g/mol. The van der Waals surface area contributed by atoms with E-state index < -0.39 is 58.7 Å². The number of benzene rings is 2. The molecule has 0 spiro atoms. The maximum absolute atomic E-state index is 13.0. The molecule has 0 fully saturated rings. The van der Waals surface area contributed by atoms with Crippen molar-refractivity contribution in [3.8, 4) is 28.7 Å². The average molecular weight is 782 g/mol. The molecule has 4 N–H and O–H groups in total. The van der Waals surface area contributed by atoms with Crippen LogP contribution in [0.5, 0.6) is 11.5 Å². The first-order valence-electron chi connectivity index (χ1n) is 17.7. The van der Waals surface area contributed by atoms with Gasteiger partial charge in [0.2, 0.25) is 11.9 Å². The zero-order chi connectivity index (χ0) is 42.6. The molecule has 0 bridgehead atoms. The van der Waals surface area contributed by atoms with Crippen LogP contribution in [0.25, 0.3) is 11.1 Å². The minimum absolute atomic E-state index is 0.0976. The smallest absolute Gasteiger partial charge is 0.417 e. The normalized spacial score (nSPS) is 11.6. The van der Waals surface area contributed by atoms with Gasteiger partial charge in [-0.05, 0) is 125 Å². The highest BCUT2D eigenvalue weighted by Gasteiger charge is 2.29. The lowest BCUT2D eigenvalue weighted by Crippen LogP contribution is -2.50. The lowest BCUT2D eigenvalue weighted by Gasteiger charge is -2.28. The Bertz CT molecular complexity index is 1790. The van der Waals surface area contributed by atoms with Crippen LogP contribution in [0.2, 0.25) is 0 Å². The molecule has 2 rings (SSSR count). The van der Waals surface area contributed by atoms with Crippen molar-refractivity contribution in [1.29, 1.82) is 16.1 Å². The lowest BCUT2D eigenvalue weighted by molar-refractivity contribution is 0.0324. The summed E-state index contributed by atoms with van der Waals surface area (Å²) in [6.45, 7) is 19.4. The number of ether oxygens (including phenoxy) is 6. The number of amides is 4. The van der Waals surface area contributed by atoms with Crippen molar-refractivity contribution in [2.45, 2.75) is 105 Å². The summed E-state index contributed by atoms with van der Waals surface area (Å²) >= 11 is 0. The molecule has 0 aromatic heterocycles. The van der Waals surface area contributed by atoms with Gasteiger partial charge in [0.05, 0.1) is 24.7 Å². The molecule has 0 heterocycles. The Labute approximate surface area is 328 Å². The number of hydrogen-bond donors (Lipinski definition) is 4.